The van der Waals surface area contributed by atoms with Gasteiger partial charge in [0.2, 0.25) is 11.4 Å². The lowest BCUT2D eigenvalue weighted by molar-refractivity contribution is -0.345. The van der Waals surface area contributed by atoms with E-state index < -0.39 is 0 Å². The third-order valence-corrected chi connectivity index (χ3v) is 8.01. The van der Waals surface area contributed by atoms with Crippen LogP contribution in [0.25, 0.3) is 16.9 Å². The van der Waals surface area contributed by atoms with Crippen LogP contribution in [0.15, 0.2) is 59.7 Å². The number of aryl methyl sites for hydroxylation is 2. The molecule has 3 rings (SSSR count). The zero-order chi connectivity index (χ0) is 27.2. The number of rotatable bonds is 18. The summed E-state index contributed by atoms with van der Waals surface area (Å²) in [5.41, 5.74) is 21.6. The summed E-state index contributed by atoms with van der Waals surface area (Å²) in [6.07, 6.45) is 19.1. The Morgan fingerprint density at radius 3 is 1.24 bits per heavy atom. The second-order valence-electron chi connectivity index (χ2n) is 11.2. The molecule has 1 heterocycles. The van der Waals surface area contributed by atoms with Crippen molar-refractivity contribution in [2.75, 3.05) is 0 Å². The molecular formula is C36H52N2. The van der Waals surface area contributed by atoms with Gasteiger partial charge < -0.3 is 5.53 Å². The lowest BCUT2D eigenvalue weighted by atomic mass is 9.91. The molecule has 0 spiro atoms. The second kappa shape index (κ2) is 16.5. The number of hydrogen-bond donors (Lipinski definition) is 0. The van der Waals surface area contributed by atoms with Gasteiger partial charge in [-0.15, -0.1) is 0 Å². The molecule has 0 amide bonds. The summed E-state index contributed by atoms with van der Waals surface area (Å²) < 4.78 is 1.54. The van der Waals surface area contributed by atoms with Gasteiger partial charge in [-0.25, -0.2) is 4.70 Å². The number of benzene rings is 2. The van der Waals surface area contributed by atoms with Gasteiger partial charge in [-0.2, -0.15) is 0 Å². The minimum atomic E-state index is 1.01. The lowest BCUT2D eigenvalue weighted by Crippen LogP contribution is -2.03. The third-order valence-electron chi connectivity index (χ3n) is 8.01. The summed E-state index contributed by atoms with van der Waals surface area (Å²) in [6.45, 7) is 9.05. The van der Waals surface area contributed by atoms with Gasteiger partial charge in [-0.1, -0.05) is 103 Å². The molecule has 1 aliphatic rings. The molecule has 2 heteroatoms. The van der Waals surface area contributed by atoms with Crippen LogP contribution in [0.4, 0.5) is 0 Å². The van der Waals surface area contributed by atoms with E-state index in [1.165, 1.54) is 99.3 Å². The average Bonchev–Trinajstić information content (AvgIpc) is 3.21. The average molecular weight is 513 g/mol. The number of unbranched alkanes of at least 4 members (excludes halogenated alkanes) is 8. The van der Waals surface area contributed by atoms with Crippen molar-refractivity contribution in [3.05, 3.63) is 87.5 Å². The molecule has 38 heavy (non-hydrogen) atoms. The fraction of sp³-hybridized carbons (Fsp3) is 0.556. The maximum Gasteiger partial charge on any atom is 0.211 e. The maximum absolute atomic E-state index is 11.8. The van der Waals surface area contributed by atoms with Crippen LogP contribution in [0, 0.1) is 0 Å². The SMILES string of the molecule is CCCCCCc1ccc(C2=C(CCCCC)C(CCCCC)=C(c3ccc(CCCC)cc3)[N+]2=[N-])cc1. The van der Waals surface area contributed by atoms with E-state index in [0.717, 1.165) is 48.2 Å². The highest BCUT2D eigenvalue weighted by Crippen LogP contribution is 2.44. The minimum absolute atomic E-state index is 1.01. The molecule has 0 bridgehead atoms. The minimum Gasteiger partial charge on any atom is -0.493 e. The number of hydrogen-bond acceptors (Lipinski definition) is 0. The van der Waals surface area contributed by atoms with Crippen molar-refractivity contribution >= 4 is 11.4 Å². The molecule has 2 aromatic rings. The smallest absolute Gasteiger partial charge is 0.211 e. The van der Waals surface area contributed by atoms with Crippen LogP contribution in [-0.2, 0) is 12.8 Å². The third kappa shape index (κ3) is 8.26. The van der Waals surface area contributed by atoms with E-state index in [-0.39, 0.29) is 0 Å². The van der Waals surface area contributed by atoms with Crippen LogP contribution in [0.2, 0.25) is 0 Å². The number of allylic oxidation sites excluding steroid dienone is 2. The van der Waals surface area contributed by atoms with Crippen molar-refractivity contribution in [1.29, 1.82) is 0 Å². The summed E-state index contributed by atoms with van der Waals surface area (Å²) >= 11 is 0. The number of nitrogens with zero attached hydrogens (tertiary/aromatic N) is 2. The molecule has 0 atom stereocenters. The zero-order valence-corrected chi connectivity index (χ0v) is 24.8. The molecule has 0 N–H and O–H groups in total. The van der Waals surface area contributed by atoms with E-state index in [2.05, 4.69) is 76.2 Å². The van der Waals surface area contributed by atoms with E-state index in [1.807, 2.05) is 0 Å². The normalized spacial score (nSPS) is 13.7. The Morgan fingerprint density at radius 2 is 0.816 bits per heavy atom. The predicted octanol–water partition coefficient (Wildman–Crippen LogP) is 11.5. The van der Waals surface area contributed by atoms with Crippen LogP contribution in [0.5, 0.6) is 0 Å². The molecule has 1 aliphatic heterocycles. The van der Waals surface area contributed by atoms with Crippen molar-refractivity contribution in [2.45, 2.75) is 130 Å². The molecule has 206 valence electrons. The van der Waals surface area contributed by atoms with Crippen molar-refractivity contribution in [2.24, 2.45) is 0 Å². The van der Waals surface area contributed by atoms with Gasteiger partial charge in [0, 0.05) is 22.3 Å². The quantitative estimate of drug-likeness (QED) is 0.140. The molecule has 0 unspecified atom stereocenters. The Bertz CT molecular complexity index is 1050. The van der Waals surface area contributed by atoms with E-state index in [4.69, 9.17) is 0 Å². The largest absolute Gasteiger partial charge is 0.493 e. The van der Waals surface area contributed by atoms with Gasteiger partial charge in [-0.3, -0.25) is 0 Å². The molecule has 2 nitrogen and oxygen atoms in total. The van der Waals surface area contributed by atoms with E-state index in [1.54, 1.807) is 4.70 Å². The van der Waals surface area contributed by atoms with Gasteiger partial charge in [0.05, 0.1) is 0 Å². The lowest BCUT2D eigenvalue weighted by Gasteiger charge is -2.11. The van der Waals surface area contributed by atoms with Crippen LogP contribution in [0.1, 0.15) is 140 Å². The van der Waals surface area contributed by atoms with Crippen LogP contribution in [0.3, 0.4) is 0 Å². The van der Waals surface area contributed by atoms with E-state index in [9.17, 15) is 5.53 Å². The molecule has 0 aliphatic carbocycles. The molecule has 0 radical (unpaired) electrons. The Morgan fingerprint density at radius 1 is 0.447 bits per heavy atom. The van der Waals surface area contributed by atoms with Crippen molar-refractivity contribution in [3.63, 3.8) is 0 Å². The predicted molar refractivity (Wildman–Crippen MR) is 165 cm³/mol. The Hall–Kier alpha value is -2.48. The first kappa shape index (κ1) is 30.1. The van der Waals surface area contributed by atoms with Crippen molar-refractivity contribution in [1.82, 2.24) is 0 Å². The molecular weight excluding hydrogens is 460 g/mol. The van der Waals surface area contributed by atoms with Gasteiger partial charge in [0.1, 0.15) is 0 Å². The molecule has 0 saturated heterocycles. The Balaban J connectivity index is 1.96. The summed E-state index contributed by atoms with van der Waals surface area (Å²) in [6, 6.07) is 18.0. The van der Waals surface area contributed by atoms with Crippen molar-refractivity contribution in [3.8, 4) is 0 Å². The highest BCUT2D eigenvalue weighted by Gasteiger charge is 2.35. The van der Waals surface area contributed by atoms with Gasteiger partial charge >= 0.3 is 0 Å². The van der Waals surface area contributed by atoms with E-state index >= 15 is 0 Å². The highest BCUT2D eigenvalue weighted by molar-refractivity contribution is 5.82. The summed E-state index contributed by atoms with van der Waals surface area (Å²) in [5, 5.41) is 0. The summed E-state index contributed by atoms with van der Waals surface area (Å²) in [4.78, 5) is 0. The fourth-order valence-corrected chi connectivity index (χ4v) is 5.68. The maximum atomic E-state index is 11.8. The fourth-order valence-electron chi connectivity index (χ4n) is 5.68. The standard InChI is InChI=1S/C36H52N2/c1-5-9-13-16-18-30-23-27-32(28-24-30)36-34(20-15-11-7-3)33(19-14-10-6-2)35(38(36)37)31-25-21-29(22-26-31)17-12-8-4/h21-28H,5-20H2,1-4H3. The second-order valence-corrected chi connectivity index (χ2v) is 11.2. The van der Waals surface area contributed by atoms with Gasteiger partial charge in [0.25, 0.3) is 0 Å². The van der Waals surface area contributed by atoms with Crippen molar-refractivity contribution < 1.29 is 4.70 Å². The first-order chi connectivity index (χ1) is 18.6. The molecule has 0 saturated carbocycles. The van der Waals surface area contributed by atoms with Crippen LogP contribution in [-0.4, -0.2) is 4.70 Å². The van der Waals surface area contributed by atoms with Gasteiger partial charge in [0.15, 0.2) is 0 Å². The Labute approximate surface area is 233 Å². The molecule has 0 fully saturated rings. The Kier molecular flexibility index (Phi) is 13.0. The first-order valence-electron chi connectivity index (χ1n) is 15.8. The summed E-state index contributed by atoms with van der Waals surface area (Å²) in [7, 11) is 0. The van der Waals surface area contributed by atoms with Gasteiger partial charge in [-0.05, 0) is 86.8 Å². The molecule has 2 aromatic carbocycles. The summed E-state index contributed by atoms with van der Waals surface area (Å²) in [5.74, 6) is 0. The van der Waals surface area contributed by atoms with E-state index in [0.29, 0.717) is 0 Å². The monoisotopic (exact) mass is 512 g/mol. The first-order valence-corrected chi connectivity index (χ1v) is 15.8. The molecule has 0 aromatic heterocycles. The van der Waals surface area contributed by atoms with Crippen LogP contribution < -0.4 is 0 Å². The van der Waals surface area contributed by atoms with Crippen LogP contribution >= 0.6 is 0 Å². The zero-order valence-electron chi connectivity index (χ0n) is 24.8. The topological polar surface area (TPSA) is 25.3 Å². The highest BCUT2D eigenvalue weighted by atomic mass is 15.2.